The average molecular weight is 242 g/mol. The van der Waals surface area contributed by atoms with Gasteiger partial charge in [0.1, 0.15) is 0 Å². The molecule has 2 amide bonds. The molecule has 1 aliphatic carbocycles. The SMILES string of the molecule is CCOCCNC(=O)NC1C=CC(C(=O)O)C1. The molecule has 0 aromatic heterocycles. The summed E-state index contributed by atoms with van der Waals surface area (Å²) >= 11 is 0. The molecule has 0 saturated carbocycles. The zero-order valence-corrected chi connectivity index (χ0v) is 9.81. The van der Waals surface area contributed by atoms with Crippen molar-refractivity contribution in [2.75, 3.05) is 19.8 Å². The molecule has 6 nitrogen and oxygen atoms in total. The number of urea groups is 1. The van der Waals surface area contributed by atoms with Crippen LogP contribution in [-0.2, 0) is 9.53 Å². The maximum absolute atomic E-state index is 11.4. The number of carboxylic acids is 1. The Labute approximate surface area is 100 Å². The van der Waals surface area contributed by atoms with Crippen LogP contribution in [0, 0.1) is 5.92 Å². The normalized spacial score (nSPS) is 22.4. The third-order valence-corrected chi connectivity index (χ3v) is 2.45. The highest BCUT2D eigenvalue weighted by molar-refractivity contribution is 5.76. The van der Waals surface area contributed by atoms with Gasteiger partial charge in [-0.15, -0.1) is 0 Å². The minimum absolute atomic E-state index is 0.205. The van der Waals surface area contributed by atoms with Crippen molar-refractivity contribution in [3.8, 4) is 0 Å². The van der Waals surface area contributed by atoms with Crippen molar-refractivity contribution in [1.29, 1.82) is 0 Å². The highest BCUT2D eigenvalue weighted by atomic mass is 16.5. The molecule has 6 heteroatoms. The Morgan fingerprint density at radius 1 is 1.47 bits per heavy atom. The van der Waals surface area contributed by atoms with Crippen molar-refractivity contribution >= 4 is 12.0 Å². The van der Waals surface area contributed by atoms with Gasteiger partial charge in [-0.1, -0.05) is 12.2 Å². The van der Waals surface area contributed by atoms with E-state index in [9.17, 15) is 9.59 Å². The fourth-order valence-corrected chi connectivity index (χ4v) is 1.59. The molecule has 1 rings (SSSR count). The second-order valence-electron chi connectivity index (χ2n) is 3.77. The number of ether oxygens (including phenoxy) is 1. The van der Waals surface area contributed by atoms with Gasteiger partial charge >= 0.3 is 12.0 Å². The van der Waals surface area contributed by atoms with Crippen LogP contribution in [0.25, 0.3) is 0 Å². The molecule has 2 unspecified atom stereocenters. The van der Waals surface area contributed by atoms with E-state index in [1.165, 1.54) is 0 Å². The van der Waals surface area contributed by atoms with Gasteiger partial charge in [-0.2, -0.15) is 0 Å². The highest BCUT2D eigenvalue weighted by Crippen LogP contribution is 2.17. The van der Waals surface area contributed by atoms with Gasteiger partial charge < -0.3 is 20.5 Å². The van der Waals surface area contributed by atoms with E-state index >= 15 is 0 Å². The second kappa shape index (κ2) is 6.90. The van der Waals surface area contributed by atoms with E-state index in [1.807, 2.05) is 6.92 Å². The summed E-state index contributed by atoms with van der Waals surface area (Å²) in [6.07, 6.45) is 3.72. The second-order valence-corrected chi connectivity index (χ2v) is 3.77. The molecule has 0 aromatic rings. The Morgan fingerprint density at radius 2 is 2.24 bits per heavy atom. The van der Waals surface area contributed by atoms with Crippen molar-refractivity contribution < 1.29 is 19.4 Å². The summed E-state index contributed by atoms with van der Waals surface area (Å²) in [7, 11) is 0. The Bertz CT molecular complexity index is 304. The number of amides is 2. The maximum atomic E-state index is 11.4. The van der Waals surface area contributed by atoms with Crippen molar-refractivity contribution in [1.82, 2.24) is 10.6 Å². The molecule has 0 saturated heterocycles. The average Bonchev–Trinajstić information content (AvgIpc) is 2.73. The summed E-state index contributed by atoms with van der Waals surface area (Å²) in [6, 6.07) is -0.506. The number of hydrogen-bond donors (Lipinski definition) is 3. The minimum atomic E-state index is -0.859. The van der Waals surface area contributed by atoms with E-state index in [2.05, 4.69) is 10.6 Å². The van der Waals surface area contributed by atoms with Crippen LogP contribution < -0.4 is 10.6 Å². The first-order valence-electron chi connectivity index (χ1n) is 5.66. The maximum Gasteiger partial charge on any atom is 0.315 e. The molecular weight excluding hydrogens is 224 g/mol. The Hall–Kier alpha value is -1.56. The van der Waals surface area contributed by atoms with Crippen LogP contribution in [0.1, 0.15) is 13.3 Å². The monoisotopic (exact) mass is 242 g/mol. The lowest BCUT2D eigenvalue weighted by Gasteiger charge is -2.13. The summed E-state index contributed by atoms with van der Waals surface area (Å²) in [5.74, 6) is -1.36. The Morgan fingerprint density at radius 3 is 2.82 bits per heavy atom. The zero-order valence-electron chi connectivity index (χ0n) is 9.81. The van der Waals surface area contributed by atoms with Crippen LogP contribution in [0.15, 0.2) is 12.2 Å². The first kappa shape index (κ1) is 13.5. The fourth-order valence-electron chi connectivity index (χ4n) is 1.59. The molecule has 0 heterocycles. The molecule has 0 aliphatic heterocycles. The van der Waals surface area contributed by atoms with Crippen LogP contribution in [0.2, 0.25) is 0 Å². The van der Waals surface area contributed by atoms with E-state index < -0.39 is 11.9 Å². The number of rotatable bonds is 6. The number of nitrogens with one attached hydrogen (secondary N) is 2. The quantitative estimate of drug-likeness (QED) is 0.463. The molecule has 0 bridgehead atoms. The van der Waals surface area contributed by atoms with E-state index in [1.54, 1.807) is 12.2 Å². The lowest BCUT2D eigenvalue weighted by molar-refractivity contribution is -0.140. The van der Waals surface area contributed by atoms with Gasteiger partial charge in [0.2, 0.25) is 0 Å². The lowest BCUT2D eigenvalue weighted by Crippen LogP contribution is -2.42. The number of carbonyl (C=O) groups is 2. The van der Waals surface area contributed by atoms with Gasteiger partial charge in [-0.3, -0.25) is 4.79 Å². The van der Waals surface area contributed by atoms with Crippen molar-refractivity contribution in [3.05, 3.63) is 12.2 Å². The molecule has 0 spiro atoms. The van der Waals surface area contributed by atoms with Crippen molar-refractivity contribution in [2.45, 2.75) is 19.4 Å². The number of carbonyl (C=O) groups excluding carboxylic acids is 1. The minimum Gasteiger partial charge on any atom is -0.481 e. The van der Waals surface area contributed by atoms with Gasteiger partial charge in [0.25, 0.3) is 0 Å². The van der Waals surface area contributed by atoms with E-state index in [4.69, 9.17) is 9.84 Å². The molecule has 0 aromatic carbocycles. The number of hydrogen-bond acceptors (Lipinski definition) is 3. The summed E-state index contributed by atoms with van der Waals surface area (Å²) in [5, 5.41) is 14.1. The fraction of sp³-hybridized carbons (Fsp3) is 0.636. The first-order chi connectivity index (χ1) is 8.13. The molecule has 96 valence electrons. The van der Waals surface area contributed by atoms with Gasteiger partial charge in [-0.05, 0) is 13.3 Å². The van der Waals surface area contributed by atoms with E-state index in [-0.39, 0.29) is 12.1 Å². The predicted molar refractivity (Wildman–Crippen MR) is 61.7 cm³/mol. The predicted octanol–water partition coefficient (Wildman–Crippen LogP) is 0.351. The number of carboxylic acid groups (broad SMARTS) is 1. The summed E-state index contributed by atoms with van der Waals surface area (Å²) < 4.78 is 5.07. The van der Waals surface area contributed by atoms with Crippen LogP contribution in [0.3, 0.4) is 0 Å². The zero-order chi connectivity index (χ0) is 12.7. The molecule has 0 radical (unpaired) electrons. The number of aliphatic carboxylic acids is 1. The lowest BCUT2D eigenvalue weighted by atomic mass is 10.1. The van der Waals surface area contributed by atoms with Crippen LogP contribution in [0.5, 0.6) is 0 Å². The van der Waals surface area contributed by atoms with Crippen LogP contribution in [-0.4, -0.2) is 42.9 Å². The van der Waals surface area contributed by atoms with Crippen molar-refractivity contribution in [2.24, 2.45) is 5.92 Å². The Kier molecular flexibility index (Phi) is 5.48. The molecule has 0 fully saturated rings. The van der Waals surface area contributed by atoms with Crippen LogP contribution >= 0.6 is 0 Å². The van der Waals surface area contributed by atoms with Gasteiger partial charge in [0.05, 0.1) is 18.6 Å². The first-order valence-corrected chi connectivity index (χ1v) is 5.66. The smallest absolute Gasteiger partial charge is 0.315 e. The van der Waals surface area contributed by atoms with E-state index in [0.717, 1.165) is 0 Å². The van der Waals surface area contributed by atoms with Gasteiger partial charge in [-0.25, -0.2) is 4.79 Å². The highest BCUT2D eigenvalue weighted by Gasteiger charge is 2.25. The summed E-state index contributed by atoms with van der Waals surface area (Å²) in [5.41, 5.74) is 0. The summed E-state index contributed by atoms with van der Waals surface area (Å²) in [4.78, 5) is 22.1. The third-order valence-electron chi connectivity index (χ3n) is 2.45. The molecule has 1 aliphatic rings. The molecule has 2 atom stereocenters. The topological polar surface area (TPSA) is 87.7 Å². The summed E-state index contributed by atoms with van der Waals surface area (Å²) in [6.45, 7) is 3.42. The van der Waals surface area contributed by atoms with E-state index in [0.29, 0.717) is 26.2 Å². The van der Waals surface area contributed by atoms with Gasteiger partial charge in [0.15, 0.2) is 0 Å². The standard InChI is InChI=1S/C11H18N2O4/c1-2-17-6-5-12-11(16)13-9-4-3-8(7-9)10(14)15/h3-4,8-9H,2,5-7H2,1H3,(H,14,15)(H2,12,13,16). The molecular formula is C11H18N2O4. The Balaban J connectivity index is 2.16. The molecule has 17 heavy (non-hydrogen) atoms. The molecule has 3 N–H and O–H groups in total. The van der Waals surface area contributed by atoms with Gasteiger partial charge in [0, 0.05) is 13.2 Å². The van der Waals surface area contributed by atoms with Crippen molar-refractivity contribution in [3.63, 3.8) is 0 Å². The largest absolute Gasteiger partial charge is 0.481 e. The third kappa shape index (κ3) is 4.86. The van der Waals surface area contributed by atoms with Crippen LogP contribution in [0.4, 0.5) is 4.79 Å².